The smallest absolute Gasteiger partial charge is 0.208 e. The molecule has 1 aromatic rings. The summed E-state index contributed by atoms with van der Waals surface area (Å²) in [5, 5.41) is 3.04. The third-order valence-electron chi connectivity index (χ3n) is 1.82. The van der Waals surface area contributed by atoms with Crippen LogP contribution in [0, 0.1) is 0 Å². The summed E-state index contributed by atoms with van der Waals surface area (Å²) in [4.78, 5) is 0. The van der Waals surface area contributed by atoms with Gasteiger partial charge in [0.15, 0.2) is 0 Å². The van der Waals surface area contributed by atoms with E-state index in [0.29, 0.717) is 18.8 Å². The van der Waals surface area contributed by atoms with Crippen LogP contribution in [-0.4, -0.2) is 27.8 Å². The van der Waals surface area contributed by atoms with Gasteiger partial charge >= 0.3 is 0 Å². The van der Waals surface area contributed by atoms with Crippen molar-refractivity contribution in [2.45, 2.75) is 0 Å². The minimum atomic E-state index is -3.13. The number of hydrogen-bond donors (Lipinski definition) is 3. The van der Waals surface area contributed by atoms with Gasteiger partial charge < -0.3 is 11.1 Å². The maximum Gasteiger partial charge on any atom is 0.208 e. The monoisotopic (exact) mass is 307 g/mol. The summed E-state index contributed by atoms with van der Waals surface area (Å²) in [5.41, 5.74) is 7.14. The van der Waals surface area contributed by atoms with Crippen molar-refractivity contribution < 1.29 is 8.42 Å². The Balaban J connectivity index is 2.46. The molecule has 0 saturated carbocycles. The molecule has 4 N–H and O–H groups in total. The third-order valence-corrected chi connectivity index (χ3v) is 3.04. The lowest BCUT2D eigenvalue weighted by Gasteiger charge is -2.09. The Morgan fingerprint density at radius 1 is 1.38 bits per heavy atom. The Kier molecular flexibility index (Phi) is 4.57. The second-order valence-electron chi connectivity index (χ2n) is 3.32. The lowest BCUT2D eigenvalue weighted by atomic mass is 10.3. The lowest BCUT2D eigenvalue weighted by Crippen LogP contribution is -2.27. The van der Waals surface area contributed by atoms with Crippen LogP contribution in [0.5, 0.6) is 0 Å². The van der Waals surface area contributed by atoms with Gasteiger partial charge in [-0.2, -0.15) is 0 Å². The highest BCUT2D eigenvalue weighted by atomic mass is 79.9. The summed E-state index contributed by atoms with van der Waals surface area (Å²) in [6, 6.07) is 5.46. The van der Waals surface area contributed by atoms with Gasteiger partial charge in [0, 0.05) is 17.6 Å². The van der Waals surface area contributed by atoms with E-state index in [1.165, 1.54) is 0 Å². The number of nitrogen functional groups attached to an aromatic ring is 1. The van der Waals surface area contributed by atoms with Crippen LogP contribution in [0.3, 0.4) is 0 Å². The fourth-order valence-corrected chi connectivity index (χ4v) is 1.95. The molecule has 0 aliphatic carbocycles. The van der Waals surface area contributed by atoms with Gasteiger partial charge in [-0.25, -0.2) is 13.1 Å². The van der Waals surface area contributed by atoms with Gasteiger partial charge in [0.1, 0.15) is 0 Å². The number of halogens is 1. The number of hydrogen-bond acceptors (Lipinski definition) is 4. The van der Waals surface area contributed by atoms with E-state index >= 15 is 0 Å². The Morgan fingerprint density at radius 3 is 2.69 bits per heavy atom. The van der Waals surface area contributed by atoms with Gasteiger partial charge in [-0.1, -0.05) is 15.9 Å². The van der Waals surface area contributed by atoms with Gasteiger partial charge in [-0.3, -0.25) is 0 Å². The zero-order valence-electron chi connectivity index (χ0n) is 8.83. The summed E-state index contributed by atoms with van der Waals surface area (Å²) in [5.74, 6) is 0. The standard InChI is InChI=1S/C9H14BrN3O2S/c1-16(14,15)13-5-4-12-9-6-7(10)2-3-8(9)11/h2-3,6,12-13H,4-5,11H2,1H3. The summed E-state index contributed by atoms with van der Waals surface area (Å²) in [6.45, 7) is 0.804. The maximum atomic E-state index is 10.8. The molecule has 0 aliphatic heterocycles. The van der Waals surface area contributed by atoms with Crippen LogP contribution in [0.15, 0.2) is 22.7 Å². The molecule has 1 rings (SSSR count). The number of rotatable bonds is 5. The van der Waals surface area contributed by atoms with Crippen molar-refractivity contribution in [3.8, 4) is 0 Å². The quantitative estimate of drug-likeness (QED) is 0.559. The van der Waals surface area contributed by atoms with Crippen molar-refractivity contribution in [2.75, 3.05) is 30.4 Å². The Morgan fingerprint density at radius 2 is 2.06 bits per heavy atom. The second kappa shape index (κ2) is 5.51. The predicted molar refractivity (Wildman–Crippen MR) is 69.9 cm³/mol. The number of nitrogens with two attached hydrogens (primary N) is 1. The molecule has 90 valence electrons. The Bertz CT molecular complexity index is 462. The number of sulfonamides is 1. The summed E-state index contributed by atoms with van der Waals surface area (Å²) >= 11 is 3.33. The Hall–Kier alpha value is -0.790. The van der Waals surface area contributed by atoms with Crippen molar-refractivity contribution in [3.63, 3.8) is 0 Å². The molecule has 0 saturated heterocycles. The number of anilines is 2. The molecule has 16 heavy (non-hydrogen) atoms. The van der Waals surface area contributed by atoms with Crippen LogP contribution in [0.4, 0.5) is 11.4 Å². The molecular formula is C9H14BrN3O2S. The van der Waals surface area contributed by atoms with E-state index in [1.54, 1.807) is 6.07 Å². The molecule has 0 unspecified atom stereocenters. The van der Waals surface area contributed by atoms with E-state index in [4.69, 9.17) is 5.73 Å². The van der Waals surface area contributed by atoms with Gasteiger partial charge in [-0.15, -0.1) is 0 Å². The summed E-state index contributed by atoms with van der Waals surface area (Å²) in [7, 11) is -3.13. The van der Waals surface area contributed by atoms with Gasteiger partial charge in [-0.05, 0) is 18.2 Å². The fraction of sp³-hybridized carbons (Fsp3) is 0.333. The largest absolute Gasteiger partial charge is 0.397 e. The van der Waals surface area contributed by atoms with E-state index in [2.05, 4.69) is 26.0 Å². The maximum absolute atomic E-state index is 10.8. The average molecular weight is 308 g/mol. The molecule has 0 aliphatic rings. The van der Waals surface area contributed by atoms with Crippen LogP contribution in [0.2, 0.25) is 0 Å². The molecule has 5 nitrogen and oxygen atoms in total. The molecule has 0 aromatic heterocycles. The minimum Gasteiger partial charge on any atom is -0.397 e. The van der Waals surface area contributed by atoms with Gasteiger partial charge in [0.25, 0.3) is 0 Å². The molecule has 0 bridgehead atoms. The molecule has 0 atom stereocenters. The van der Waals surface area contributed by atoms with Crippen LogP contribution in [0.25, 0.3) is 0 Å². The van der Waals surface area contributed by atoms with Crippen molar-refractivity contribution in [1.29, 1.82) is 0 Å². The van der Waals surface area contributed by atoms with E-state index in [9.17, 15) is 8.42 Å². The average Bonchev–Trinajstić information content (AvgIpc) is 2.16. The van der Waals surface area contributed by atoms with Crippen LogP contribution in [-0.2, 0) is 10.0 Å². The predicted octanol–water partition coefficient (Wildman–Crippen LogP) is 0.992. The topological polar surface area (TPSA) is 84.2 Å². The van der Waals surface area contributed by atoms with E-state index in [1.807, 2.05) is 12.1 Å². The van der Waals surface area contributed by atoms with Crippen LogP contribution in [0.1, 0.15) is 0 Å². The molecular weight excluding hydrogens is 294 g/mol. The fourth-order valence-electron chi connectivity index (χ4n) is 1.12. The van der Waals surface area contributed by atoms with Crippen molar-refractivity contribution >= 4 is 37.3 Å². The van der Waals surface area contributed by atoms with Gasteiger partial charge in [0.05, 0.1) is 17.6 Å². The van der Waals surface area contributed by atoms with Gasteiger partial charge in [0.2, 0.25) is 10.0 Å². The number of nitrogens with one attached hydrogen (secondary N) is 2. The Labute approximate surface area is 104 Å². The highest BCUT2D eigenvalue weighted by Gasteiger charge is 2.01. The molecule has 0 amide bonds. The third kappa shape index (κ3) is 4.82. The first-order valence-corrected chi connectivity index (χ1v) is 7.30. The van der Waals surface area contributed by atoms with Crippen molar-refractivity contribution in [3.05, 3.63) is 22.7 Å². The minimum absolute atomic E-state index is 0.324. The lowest BCUT2D eigenvalue weighted by molar-refractivity contribution is 0.589. The first-order valence-electron chi connectivity index (χ1n) is 4.62. The molecule has 0 spiro atoms. The SMILES string of the molecule is CS(=O)(=O)NCCNc1cc(Br)ccc1N. The van der Waals surface area contributed by atoms with Crippen LogP contribution < -0.4 is 15.8 Å². The van der Waals surface area contributed by atoms with E-state index in [-0.39, 0.29) is 0 Å². The summed E-state index contributed by atoms with van der Waals surface area (Å²) < 4.78 is 24.9. The first-order chi connectivity index (χ1) is 7.38. The van der Waals surface area contributed by atoms with E-state index < -0.39 is 10.0 Å². The number of benzene rings is 1. The molecule has 0 radical (unpaired) electrons. The highest BCUT2D eigenvalue weighted by Crippen LogP contribution is 2.22. The molecule has 7 heteroatoms. The molecule has 0 heterocycles. The second-order valence-corrected chi connectivity index (χ2v) is 6.07. The van der Waals surface area contributed by atoms with Crippen molar-refractivity contribution in [1.82, 2.24) is 4.72 Å². The summed E-state index contributed by atoms with van der Waals surface area (Å²) in [6.07, 6.45) is 1.13. The highest BCUT2D eigenvalue weighted by molar-refractivity contribution is 9.10. The molecule has 0 fully saturated rings. The zero-order chi connectivity index (χ0) is 12.2. The first kappa shape index (κ1) is 13.3. The molecule has 1 aromatic carbocycles. The van der Waals surface area contributed by atoms with Crippen molar-refractivity contribution in [2.24, 2.45) is 0 Å². The van der Waals surface area contributed by atoms with E-state index in [0.717, 1.165) is 16.4 Å². The zero-order valence-corrected chi connectivity index (χ0v) is 11.2. The normalized spacial score (nSPS) is 11.4. The van der Waals surface area contributed by atoms with Crippen LogP contribution >= 0.6 is 15.9 Å².